The molecule has 0 spiro atoms. The summed E-state index contributed by atoms with van der Waals surface area (Å²) in [6.45, 7) is 2.15. The Hall–Kier alpha value is -1.17. The van der Waals surface area contributed by atoms with E-state index in [1.807, 2.05) is 12.3 Å². The van der Waals surface area contributed by atoms with Gasteiger partial charge in [0.1, 0.15) is 5.82 Å². The molecule has 4 nitrogen and oxygen atoms in total. The first-order chi connectivity index (χ1) is 8.83. The van der Waals surface area contributed by atoms with E-state index in [2.05, 4.69) is 21.7 Å². The minimum atomic E-state index is -0.0680. The molecule has 5 heteroatoms. The lowest BCUT2D eigenvalue weighted by Gasteiger charge is -2.37. The number of hydrogen-bond donors (Lipinski definition) is 2. The minimum absolute atomic E-state index is 0.0680. The van der Waals surface area contributed by atoms with Gasteiger partial charge in [-0.15, -0.1) is 11.3 Å². The molecule has 3 N–H and O–H groups in total. The Morgan fingerprint density at radius 1 is 1.39 bits per heavy atom. The fourth-order valence-electron chi connectivity index (χ4n) is 2.39. The van der Waals surface area contributed by atoms with Crippen LogP contribution in [0.25, 0.3) is 10.1 Å². The maximum Gasteiger partial charge on any atom is 0.135 e. The Balaban J connectivity index is 1.92. The molecule has 1 aliphatic rings. The highest BCUT2D eigenvalue weighted by molar-refractivity contribution is 7.17. The van der Waals surface area contributed by atoms with Crippen molar-refractivity contribution in [2.45, 2.75) is 18.4 Å². The molecule has 2 aromatic rings. The molecule has 0 saturated carbocycles. The van der Waals surface area contributed by atoms with Gasteiger partial charge >= 0.3 is 0 Å². The van der Waals surface area contributed by atoms with Crippen molar-refractivity contribution in [1.82, 2.24) is 4.98 Å². The SMILES string of the molecule is NCC1(Nc2nccc3sccc23)CCOCC1. The highest BCUT2D eigenvalue weighted by Gasteiger charge is 2.31. The van der Waals surface area contributed by atoms with E-state index in [0.717, 1.165) is 31.9 Å². The average molecular weight is 263 g/mol. The number of hydrogen-bond acceptors (Lipinski definition) is 5. The smallest absolute Gasteiger partial charge is 0.135 e. The Labute approximate surface area is 110 Å². The van der Waals surface area contributed by atoms with Crippen LogP contribution >= 0.6 is 11.3 Å². The second-order valence-electron chi connectivity index (χ2n) is 4.71. The Kier molecular flexibility index (Phi) is 3.20. The van der Waals surface area contributed by atoms with E-state index >= 15 is 0 Å². The van der Waals surface area contributed by atoms with E-state index in [1.54, 1.807) is 11.3 Å². The Bertz CT molecular complexity index is 534. The van der Waals surface area contributed by atoms with Crippen LogP contribution in [0, 0.1) is 0 Å². The van der Waals surface area contributed by atoms with Gasteiger partial charge in [0.2, 0.25) is 0 Å². The number of rotatable bonds is 3. The molecule has 3 heterocycles. The molecule has 1 fully saturated rings. The van der Waals surface area contributed by atoms with Crippen LogP contribution in [-0.2, 0) is 4.74 Å². The van der Waals surface area contributed by atoms with Gasteiger partial charge in [-0.3, -0.25) is 0 Å². The predicted octanol–water partition coefficient (Wildman–Crippen LogP) is 2.22. The van der Waals surface area contributed by atoms with Gasteiger partial charge in [0.05, 0.1) is 5.54 Å². The number of pyridine rings is 1. The second kappa shape index (κ2) is 4.84. The number of nitrogens with two attached hydrogens (primary N) is 1. The standard InChI is InChI=1S/C13H17N3OS/c14-9-13(3-6-17-7-4-13)16-12-10-2-8-18-11(10)1-5-15-12/h1-2,5,8H,3-4,6-7,9,14H2,(H,15,16). The van der Waals surface area contributed by atoms with Crippen molar-refractivity contribution in [2.24, 2.45) is 5.73 Å². The largest absolute Gasteiger partial charge is 0.381 e. The van der Waals surface area contributed by atoms with Gasteiger partial charge in [0.15, 0.2) is 0 Å². The predicted molar refractivity (Wildman–Crippen MR) is 75.1 cm³/mol. The summed E-state index contributed by atoms with van der Waals surface area (Å²) >= 11 is 1.73. The minimum Gasteiger partial charge on any atom is -0.381 e. The second-order valence-corrected chi connectivity index (χ2v) is 5.66. The molecule has 0 aromatic carbocycles. The van der Waals surface area contributed by atoms with Crippen LogP contribution in [0.3, 0.4) is 0 Å². The third-order valence-corrected chi connectivity index (χ3v) is 4.49. The van der Waals surface area contributed by atoms with E-state index in [9.17, 15) is 0 Å². The van der Waals surface area contributed by atoms with E-state index in [0.29, 0.717) is 6.54 Å². The first kappa shape index (κ1) is 11.9. The third-order valence-electron chi connectivity index (χ3n) is 3.60. The quantitative estimate of drug-likeness (QED) is 0.891. The number of ether oxygens (including phenoxy) is 1. The summed E-state index contributed by atoms with van der Waals surface area (Å²) in [6.07, 6.45) is 3.72. The fourth-order valence-corrected chi connectivity index (χ4v) is 3.17. The number of anilines is 1. The molecule has 0 bridgehead atoms. The first-order valence-electron chi connectivity index (χ1n) is 6.21. The molecule has 1 saturated heterocycles. The van der Waals surface area contributed by atoms with Gasteiger partial charge in [-0.1, -0.05) is 0 Å². The summed E-state index contributed by atoms with van der Waals surface area (Å²) in [7, 11) is 0. The maximum atomic E-state index is 5.96. The zero-order valence-corrected chi connectivity index (χ0v) is 11.0. The van der Waals surface area contributed by atoms with Crippen LogP contribution in [0.15, 0.2) is 23.7 Å². The number of thiophene rings is 1. The van der Waals surface area contributed by atoms with E-state index in [1.165, 1.54) is 10.1 Å². The molecule has 1 aliphatic heterocycles. The first-order valence-corrected chi connectivity index (χ1v) is 7.09. The molecule has 0 aliphatic carbocycles. The monoisotopic (exact) mass is 263 g/mol. The lowest BCUT2D eigenvalue weighted by molar-refractivity contribution is 0.0627. The van der Waals surface area contributed by atoms with Crippen molar-refractivity contribution in [1.29, 1.82) is 0 Å². The molecule has 3 rings (SSSR count). The van der Waals surface area contributed by atoms with E-state index < -0.39 is 0 Å². The molecule has 2 aromatic heterocycles. The van der Waals surface area contributed by atoms with Gasteiger partial charge in [0, 0.05) is 36.0 Å². The van der Waals surface area contributed by atoms with E-state index in [-0.39, 0.29) is 5.54 Å². The molecule has 18 heavy (non-hydrogen) atoms. The van der Waals surface area contributed by atoms with Crippen LogP contribution in [0.1, 0.15) is 12.8 Å². The number of nitrogens with zero attached hydrogens (tertiary/aromatic N) is 1. The van der Waals surface area contributed by atoms with Crippen LogP contribution in [0.5, 0.6) is 0 Å². The topological polar surface area (TPSA) is 60.2 Å². The van der Waals surface area contributed by atoms with Crippen molar-refractivity contribution in [2.75, 3.05) is 25.1 Å². The third kappa shape index (κ3) is 2.09. The number of nitrogens with one attached hydrogen (secondary N) is 1. The summed E-state index contributed by atoms with van der Waals surface area (Å²) in [5, 5.41) is 6.84. The number of fused-ring (bicyclic) bond motifs is 1. The summed E-state index contributed by atoms with van der Waals surface area (Å²) in [5.41, 5.74) is 5.89. The number of aromatic nitrogens is 1. The molecular weight excluding hydrogens is 246 g/mol. The summed E-state index contributed by atoms with van der Waals surface area (Å²) in [6, 6.07) is 4.16. The van der Waals surface area contributed by atoms with Gasteiger partial charge in [-0.05, 0) is 30.4 Å². The van der Waals surface area contributed by atoms with Crippen LogP contribution < -0.4 is 11.1 Å². The Morgan fingerprint density at radius 2 is 2.22 bits per heavy atom. The van der Waals surface area contributed by atoms with Crippen molar-refractivity contribution in [3.8, 4) is 0 Å². The average Bonchev–Trinajstić information content (AvgIpc) is 2.89. The molecular formula is C13H17N3OS. The summed E-state index contributed by atoms with van der Waals surface area (Å²) in [4.78, 5) is 4.47. The van der Waals surface area contributed by atoms with Crippen LogP contribution in [-0.4, -0.2) is 30.3 Å². The molecule has 96 valence electrons. The molecule has 0 unspecified atom stereocenters. The van der Waals surface area contributed by atoms with Gasteiger partial charge < -0.3 is 15.8 Å². The lowest BCUT2D eigenvalue weighted by atomic mass is 9.90. The summed E-state index contributed by atoms with van der Waals surface area (Å²) < 4.78 is 6.68. The fraction of sp³-hybridized carbons (Fsp3) is 0.462. The summed E-state index contributed by atoms with van der Waals surface area (Å²) in [5.74, 6) is 0.945. The highest BCUT2D eigenvalue weighted by atomic mass is 32.1. The van der Waals surface area contributed by atoms with Gasteiger partial charge in [0.25, 0.3) is 0 Å². The normalized spacial score (nSPS) is 18.9. The highest BCUT2D eigenvalue weighted by Crippen LogP contribution is 2.30. The zero-order chi connectivity index (χ0) is 12.4. The van der Waals surface area contributed by atoms with Gasteiger partial charge in [-0.2, -0.15) is 0 Å². The van der Waals surface area contributed by atoms with Crippen molar-refractivity contribution in [3.05, 3.63) is 23.7 Å². The van der Waals surface area contributed by atoms with Gasteiger partial charge in [-0.25, -0.2) is 4.98 Å². The molecule has 0 amide bonds. The Morgan fingerprint density at radius 3 is 3.00 bits per heavy atom. The molecule has 0 atom stereocenters. The maximum absolute atomic E-state index is 5.96. The van der Waals surface area contributed by atoms with Crippen molar-refractivity contribution < 1.29 is 4.74 Å². The lowest BCUT2D eigenvalue weighted by Crippen LogP contribution is -2.49. The van der Waals surface area contributed by atoms with Crippen molar-refractivity contribution >= 4 is 27.2 Å². The van der Waals surface area contributed by atoms with Crippen LogP contribution in [0.2, 0.25) is 0 Å². The molecule has 0 radical (unpaired) electrons. The van der Waals surface area contributed by atoms with Crippen LogP contribution in [0.4, 0.5) is 5.82 Å². The zero-order valence-electron chi connectivity index (χ0n) is 10.2. The van der Waals surface area contributed by atoms with Crippen molar-refractivity contribution in [3.63, 3.8) is 0 Å². The van der Waals surface area contributed by atoms with E-state index in [4.69, 9.17) is 10.5 Å².